The molecule has 0 saturated heterocycles. The van der Waals surface area contributed by atoms with Gasteiger partial charge in [0, 0.05) is 11.6 Å². The van der Waals surface area contributed by atoms with E-state index in [1.54, 1.807) is 19.2 Å². The molecule has 4 nitrogen and oxygen atoms in total. The average Bonchev–Trinajstić information content (AvgIpc) is 2.37. The Morgan fingerprint density at radius 3 is 2.94 bits per heavy atom. The van der Waals surface area contributed by atoms with Crippen molar-refractivity contribution < 1.29 is 14.3 Å². The second-order valence-electron chi connectivity index (χ2n) is 3.64. The Bertz CT molecular complexity index is 539. The standard InChI is InChI=1S/C13H13NO3/c1-9(13(15)16-2)17-11-5-6-12-10(8-11)4-3-7-14-12/h3-9H,1-2H3. The summed E-state index contributed by atoms with van der Waals surface area (Å²) in [6.45, 7) is 1.65. The van der Waals surface area contributed by atoms with Crippen LogP contribution in [0.4, 0.5) is 0 Å². The highest BCUT2D eigenvalue weighted by Gasteiger charge is 2.14. The van der Waals surface area contributed by atoms with Crippen LogP contribution in [0.5, 0.6) is 5.75 Å². The minimum atomic E-state index is -0.617. The molecule has 1 unspecified atom stereocenters. The van der Waals surface area contributed by atoms with Crippen molar-refractivity contribution in [3.8, 4) is 5.75 Å². The van der Waals surface area contributed by atoms with Crippen molar-refractivity contribution in [1.82, 2.24) is 4.98 Å². The summed E-state index contributed by atoms with van der Waals surface area (Å²) < 4.78 is 10.1. The summed E-state index contributed by atoms with van der Waals surface area (Å²) in [7, 11) is 1.34. The monoisotopic (exact) mass is 231 g/mol. The summed E-state index contributed by atoms with van der Waals surface area (Å²) in [5, 5.41) is 0.974. The Hall–Kier alpha value is -2.10. The van der Waals surface area contributed by atoms with Crippen molar-refractivity contribution in [3.05, 3.63) is 36.5 Å². The molecule has 0 spiro atoms. The topological polar surface area (TPSA) is 48.4 Å². The first kappa shape index (κ1) is 11.4. The zero-order valence-electron chi connectivity index (χ0n) is 9.71. The summed E-state index contributed by atoms with van der Waals surface area (Å²) in [6.07, 6.45) is 1.12. The molecule has 0 amide bonds. The first-order chi connectivity index (χ1) is 8.20. The van der Waals surface area contributed by atoms with Crippen molar-refractivity contribution in [2.45, 2.75) is 13.0 Å². The quantitative estimate of drug-likeness (QED) is 0.759. The summed E-state index contributed by atoms with van der Waals surface area (Å²) in [4.78, 5) is 15.4. The van der Waals surface area contributed by atoms with Crippen LogP contribution >= 0.6 is 0 Å². The molecule has 1 atom stereocenters. The number of nitrogens with zero attached hydrogens (tertiary/aromatic N) is 1. The van der Waals surface area contributed by atoms with E-state index >= 15 is 0 Å². The van der Waals surface area contributed by atoms with E-state index in [1.807, 2.05) is 24.3 Å². The summed E-state index contributed by atoms with van der Waals surface area (Å²) in [5.41, 5.74) is 0.894. The third-order valence-corrected chi connectivity index (χ3v) is 2.42. The van der Waals surface area contributed by atoms with Gasteiger partial charge >= 0.3 is 5.97 Å². The second kappa shape index (κ2) is 4.82. The number of hydrogen-bond donors (Lipinski definition) is 0. The van der Waals surface area contributed by atoms with Crippen LogP contribution in [0.25, 0.3) is 10.9 Å². The lowest BCUT2D eigenvalue weighted by Crippen LogP contribution is -2.24. The van der Waals surface area contributed by atoms with Crippen molar-refractivity contribution in [3.63, 3.8) is 0 Å². The van der Waals surface area contributed by atoms with Gasteiger partial charge in [0.1, 0.15) is 5.75 Å². The molecular formula is C13H13NO3. The van der Waals surface area contributed by atoms with Crippen molar-refractivity contribution in [1.29, 1.82) is 0 Å². The highest BCUT2D eigenvalue weighted by molar-refractivity contribution is 5.80. The fourth-order valence-corrected chi connectivity index (χ4v) is 1.55. The molecule has 0 aliphatic rings. The van der Waals surface area contributed by atoms with Crippen molar-refractivity contribution in [2.75, 3.05) is 7.11 Å². The first-order valence-electron chi connectivity index (χ1n) is 5.30. The van der Waals surface area contributed by atoms with E-state index in [4.69, 9.17) is 4.74 Å². The summed E-state index contributed by atoms with van der Waals surface area (Å²) >= 11 is 0. The summed E-state index contributed by atoms with van der Waals surface area (Å²) in [6, 6.07) is 9.29. The minimum absolute atomic E-state index is 0.392. The maximum atomic E-state index is 11.2. The minimum Gasteiger partial charge on any atom is -0.479 e. The van der Waals surface area contributed by atoms with Crippen LogP contribution in [0.1, 0.15) is 6.92 Å². The van der Waals surface area contributed by atoms with E-state index in [-0.39, 0.29) is 0 Å². The predicted octanol–water partition coefficient (Wildman–Crippen LogP) is 2.18. The smallest absolute Gasteiger partial charge is 0.346 e. The molecule has 0 N–H and O–H groups in total. The molecule has 1 aromatic carbocycles. The van der Waals surface area contributed by atoms with Crippen LogP contribution in [0.2, 0.25) is 0 Å². The molecule has 0 aliphatic carbocycles. The number of aromatic nitrogens is 1. The van der Waals surface area contributed by atoms with Gasteiger partial charge in [-0.05, 0) is 31.2 Å². The number of esters is 1. The van der Waals surface area contributed by atoms with E-state index in [1.165, 1.54) is 7.11 Å². The molecule has 2 rings (SSSR count). The SMILES string of the molecule is COC(=O)C(C)Oc1ccc2ncccc2c1. The Morgan fingerprint density at radius 1 is 1.35 bits per heavy atom. The van der Waals surface area contributed by atoms with Crippen LogP contribution in [0.3, 0.4) is 0 Å². The van der Waals surface area contributed by atoms with E-state index < -0.39 is 12.1 Å². The molecule has 1 aromatic heterocycles. The van der Waals surface area contributed by atoms with E-state index in [0.29, 0.717) is 5.75 Å². The van der Waals surface area contributed by atoms with E-state index in [9.17, 15) is 4.79 Å². The number of hydrogen-bond acceptors (Lipinski definition) is 4. The number of fused-ring (bicyclic) bond motifs is 1. The van der Waals surface area contributed by atoms with Crippen LogP contribution in [-0.4, -0.2) is 24.2 Å². The molecule has 0 radical (unpaired) electrons. The lowest BCUT2D eigenvalue weighted by Gasteiger charge is -2.12. The zero-order valence-corrected chi connectivity index (χ0v) is 9.71. The first-order valence-corrected chi connectivity index (χ1v) is 5.30. The molecule has 0 saturated carbocycles. The number of ether oxygens (including phenoxy) is 2. The number of benzene rings is 1. The van der Waals surface area contributed by atoms with Crippen LogP contribution in [0.15, 0.2) is 36.5 Å². The molecule has 88 valence electrons. The second-order valence-corrected chi connectivity index (χ2v) is 3.64. The molecule has 4 heteroatoms. The Morgan fingerprint density at radius 2 is 2.18 bits per heavy atom. The highest BCUT2D eigenvalue weighted by atomic mass is 16.6. The fraction of sp³-hybridized carbons (Fsp3) is 0.231. The Labute approximate surface area is 99.2 Å². The summed E-state index contributed by atoms with van der Waals surface area (Å²) in [5.74, 6) is 0.236. The zero-order chi connectivity index (χ0) is 12.3. The number of pyridine rings is 1. The maximum Gasteiger partial charge on any atom is 0.346 e. The van der Waals surface area contributed by atoms with Gasteiger partial charge < -0.3 is 9.47 Å². The van der Waals surface area contributed by atoms with Gasteiger partial charge in [-0.2, -0.15) is 0 Å². The number of rotatable bonds is 3. The largest absolute Gasteiger partial charge is 0.479 e. The van der Waals surface area contributed by atoms with Gasteiger partial charge in [-0.3, -0.25) is 4.98 Å². The van der Waals surface area contributed by atoms with Gasteiger partial charge in [0.05, 0.1) is 12.6 Å². The molecule has 0 bridgehead atoms. The molecule has 17 heavy (non-hydrogen) atoms. The molecular weight excluding hydrogens is 218 g/mol. The third kappa shape index (κ3) is 2.53. The Kier molecular flexibility index (Phi) is 3.23. The fourth-order valence-electron chi connectivity index (χ4n) is 1.55. The van der Waals surface area contributed by atoms with Crippen LogP contribution in [-0.2, 0) is 9.53 Å². The lowest BCUT2D eigenvalue weighted by atomic mass is 10.2. The number of carbonyl (C=O) groups excluding carboxylic acids is 1. The van der Waals surface area contributed by atoms with Gasteiger partial charge in [-0.15, -0.1) is 0 Å². The average molecular weight is 231 g/mol. The van der Waals surface area contributed by atoms with Crippen LogP contribution < -0.4 is 4.74 Å². The normalized spacial score (nSPS) is 12.1. The van der Waals surface area contributed by atoms with Gasteiger partial charge in [-0.1, -0.05) is 6.07 Å². The maximum absolute atomic E-state index is 11.2. The Balaban J connectivity index is 2.22. The van der Waals surface area contributed by atoms with E-state index in [2.05, 4.69) is 9.72 Å². The van der Waals surface area contributed by atoms with Gasteiger partial charge in [-0.25, -0.2) is 4.79 Å². The van der Waals surface area contributed by atoms with Gasteiger partial charge in [0.15, 0.2) is 6.10 Å². The van der Waals surface area contributed by atoms with Crippen molar-refractivity contribution in [2.24, 2.45) is 0 Å². The molecule has 2 aromatic rings. The highest BCUT2D eigenvalue weighted by Crippen LogP contribution is 2.20. The van der Waals surface area contributed by atoms with E-state index in [0.717, 1.165) is 10.9 Å². The molecule has 0 aliphatic heterocycles. The molecule has 1 heterocycles. The van der Waals surface area contributed by atoms with Gasteiger partial charge in [0.25, 0.3) is 0 Å². The number of methoxy groups -OCH3 is 1. The third-order valence-electron chi connectivity index (χ3n) is 2.42. The number of carbonyl (C=O) groups is 1. The van der Waals surface area contributed by atoms with Crippen LogP contribution in [0, 0.1) is 0 Å². The lowest BCUT2D eigenvalue weighted by molar-refractivity contribution is -0.147. The predicted molar refractivity (Wildman–Crippen MR) is 63.8 cm³/mol. The molecule has 0 fully saturated rings. The van der Waals surface area contributed by atoms with Crippen molar-refractivity contribution >= 4 is 16.9 Å². The van der Waals surface area contributed by atoms with Gasteiger partial charge in [0.2, 0.25) is 0 Å².